The topological polar surface area (TPSA) is 29.1 Å². The highest BCUT2D eigenvalue weighted by Gasteiger charge is 2.27. The van der Waals surface area contributed by atoms with Crippen molar-refractivity contribution >= 4 is 5.78 Å². The number of hydrogen-bond donors (Lipinski definition) is 1. The summed E-state index contributed by atoms with van der Waals surface area (Å²) in [4.78, 5) is 11.8. The fourth-order valence-corrected chi connectivity index (χ4v) is 4.08. The van der Waals surface area contributed by atoms with Crippen LogP contribution in [0.4, 0.5) is 0 Å². The van der Waals surface area contributed by atoms with Gasteiger partial charge in [0.25, 0.3) is 0 Å². The second-order valence-corrected chi connectivity index (χ2v) is 9.52. The molecular weight excluding hydrogens is 342 g/mol. The van der Waals surface area contributed by atoms with Gasteiger partial charge in [-0.05, 0) is 43.9 Å². The van der Waals surface area contributed by atoms with E-state index in [4.69, 9.17) is 0 Å². The predicted octanol–water partition coefficient (Wildman–Crippen LogP) is 7.89. The smallest absolute Gasteiger partial charge is 0.157 e. The van der Waals surface area contributed by atoms with Crippen LogP contribution in [-0.2, 0) is 4.79 Å². The first-order chi connectivity index (χ1) is 13.5. The Kier molecular flexibility index (Phi) is 14.1. The van der Waals surface area contributed by atoms with E-state index in [0.717, 1.165) is 18.7 Å². The van der Waals surface area contributed by atoms with E-state index in [-0.39, 0.29) is 11.2 Å². The van der Waals surface area contributed by atoms with Crippen molar-refractivity contribution in [3.8, 4) is 0 Å². The van der Waals surface area contributed by atoms with E-state index >= 15 is 0 Å². The Hall–Kier alpha value is -1.05. The molecule has 0 heterocycles. The highest BCUT2D eigenvalue weighted by molar-refractivity contribution is 5.91. The van der Waals surface area contributed by atoms with Crippen LogP contribution in [0, 0.1) is 5.41 Å². The lowest BCUT2D eigenvalue weighted by molar-refractivity contribution is -0.117. The average molecular weight is 390 g/mol. The van der Waals surface area contributed by atoms with Crippen LogP contribution in [0.2, 0.25) is 0 Å². The molecule has 2 nitrogen and oxygen atoms in total. The number of ketones is 1. The molecule has 1 aliphatic rings. The number of allylic oxidation sites excluding steroid dienone is 4. The quantitative estimate of drug-likeness (QED) is 0.202. The zero-order chi connectivity index (χ0) is 20.5. The van der Waals surface area contributed by atoms with Gasteiger partial charge in [-0.3, -0.25) is 4.79 Å². The molecule has 0 saturated carbocycles. The number of hydrogen-bond acceptors (Lipinski definition) is 2. The first kappa shape index (κ1) is 25.0. The monoisotopic (exact) mass is 389 g/mol. The van der Waals surface area contributed by atoms with Crippen LogP contribution >= 0.6 is 0 Å². The third-order valence-electron chi connectivity index (χ3n) is 5.70. The molecule has 0 aromatic heterocycles. The first-order valence-corrected chi connectivity index (χ1v) is 12.2. The Balaban J connectivity index is 1.84. The van der Waals surface area contributed by atoms with Crippen LogP contribution in [0.15, 0.2) is 23.9 Å². The maximum Gasteiger partial charge on any atom is 0.157 e. The van der Waals surface area contributed by atoms with Gasteiger partial charge in [-0.25, -0.2) is 0 Å². The molecule has 0 radical (unpaired) electrons. The second-order valence-electron chi connectivity index (χ2n) is 9.52. The van der Waals surface area contributed by atoms with Gasteiger partial charge in [0.1, 0.15) is 0 Å². The van der Waals surface area contributed by atoms with Crippen molar-refractivity contribution in [3.63, 3.8) is 0 Å². The molecular formula is C26H47NO. The summed E-state index contributed by atoms with van der Waals surface area (Å²) >= 11 is 0. The van der Waals surface area contributed by atoms with Gasteiger partial charge in [0.05, 0.1) is 0 Å². The van der Waals surface area contributed by atoms with Crippen molar-refractivity contribution in [2.24, 2.45) is 5.41 Å². The van der Waals surface area contributed by atoms with Gasteiger partial charge in [-0.2, -0.15) is 0 Å². The molecule has 162 valence electrons. The van der Waals surface area contributed by atoms with Crippen LogP contribution in [0.1, 0.15) is 124 Å². The van der Waals surface area contributed by atoms with Crippen molar-refractivity contribution in [1.29, 1.82) is 0 Å². The second kappa shape index (κ2) is 15.8. The number of nitrogens with one attached hydrogen (secondary N) is 1. The summed E-state index contributed by atoms with van der Waals surface area (Å²) in [6, 6.07) is 0. The van der Waals surface area contributed by atoms with Crippen LogP contribution in [0.5, 0.6) is 0 Å². The maximum absolute atomic E-state index is 11.8. The Labute approximate surface area is 175 Å². The molecule has 1 rings (SSSR count). The Morgan fingerprint density at radius 3 is 1.93 bits per heavy atom. The van der Waals surface area contributed by atoms with Crippen LogP contribution in [0.3, 0.4) is 0 Å². The molecule has 0 amide bonds. The Morgan fingerprint density at radius 1 is 0.821 bits per heavy atom. The fraction of sp³-hybridized carbons (Fsp3) is 0.808. The number of carbonyl (C=O) groups is 1. The third-order valence-corrected chi connectivity index (χ3v) is 5.70. The minimum atomic E-state index is 0.122. The minimum Gasteiger partial charge on any atom is -0.388 e. The SMILES string of the molecule is CCCCCCCC/C=C\CCCCCCCCNC1=CC(=O)CC(C)(C)C1. The molecule has 0 saturated heterocycles. The summed E-state index contributed by atoms with van der Waals surface area (Å²) in [5.41, 5.74) is 1.27. The van der Waals surface area contributed by atoms with E-state index < -0.39 is 0 Å². The lowest BCUT2D eigenvalue weighted by Crippen LogP contribution is -2.28. The molecule has 0 unspecified atom stereocenters. The van der Waals surface area contributed by atoms with E-state index in [0.29, 0.717) is 6.42 Å². The van der Waals surface area contributed by atoms with Crippen LogP contribution < -0.4 is 5.32 Å². The van der Waals surface area contributed by atoms with Gasteiger partial charge >= 0.3 is 0 Å². The molecule has 0 fully saturated rings. The minimum absolute atomic E-state index is 0.122. The van der Waals surface area contributed by atoms with E-state index in [1.807, 2.05) is 6.08 Å². The highest BCUT2D eigenvalue weighted by Crippen LogP contribution is 2.32. The molecule has 1 aliphatic carbocycles. The predicted molar refractivity (Wildman–Crippen MR) is 124 cm³/mol. The zero-order valence-electron chi connectivity index (χ0n) is 19.2. The lowest BCUT2D eigenvalue weighted by Gasteiger charge is -2.29. The summed E-state index contributed by atoms with van der Waals surface area (Å²) in [5, 5.41) is 3.49. The molecule has 0 aromatic carbocycles. The van der Waals surface area contributed by atoms with Gasteiger partial charge in [-0.15, -0.1) is 0 Å². The molecule has 0 bridgehead atoms. The molecule has 2 heteroatoms. The largest absolute Gasteiger partial charge is 0.388 e. The Morgan fingerprint density at radius 2 is 1.36 bits per heavy atom. The van der Waals surface area contributed by atoms with E-state index in [1.165, 1.54) is 89.9 Å². The van der Waals surface area contributed by atoms with Crippen molar-refractivity contribution in [2.45, 2.75) is 124 Å². The fourth-order valence-electron chi connectivity index (χ4n) is 4.08. The van der Waals surface area contributed by atoms with Gasteiger partial charge < -0.3 is 5.32 Å². The number of unbranched alkanes of at least 4 members (excludes halogenated alkanes) is 12. The third kappa shape index (κ3) is 14.0. The standard InChI is InChI=1S/C26H47NO/c1-4-5-6-7-8-9-10-11-12-13-14-15-16-17-18-19-20-27-24-21-25(28)23-26(2,3)22-24/h11-12,21,27H,4-10,13-20,22-23H2,1-3H3/b12-11-. The Bertz CT molecular complexity index is 461. The molecule has 1 N–H and O–H groups in total. The van der Waals surface area contributed by atoms with Gasteiger partial charge in [-0.1, -0.05) is 90.7 Å². The molecule has 0 spiro atoms. The zero-order valence-corrected chi connectivity index (χ0v) is 19.2. The first-order valence-electron chi connectivity index (χ1n) is 12.2. The van der Waals surface area contributed by atoms with Crippen molar-refractivity contribution in [3.05, 3.63) is 23.9 Å². The van der Waals surface area contributed by atoms with E-state index in [9.17, 15) is 4.79 Å². The number of rotatable bonds is 17. The normalized spacial score (nSPS) is 16.5. The summed E-state index contributed by atoms with van der Waals surface area (Å²) in [6.45, 7) is 7.66. The average Bonchev–Trinajstić information content (AvgIpc) is 2.62. The number of carbonyl (C=O) groups excluding carboxylic acids is 1. The van der Waals surface area contributed by atoms with Crippen molar-refractivity contribution < 1.29 is 4.79 Å². The highest BCUT2D eigenvalue weighted by atomic mass is 16.1. The van der Waals surface area contributed by atoms with Crippen LogP contribution in [0.25, 0.3) is 0 Å². The van der Waals surface area contributed by atoms with Gasteiger partial charge in [0.2, 0.25) is 0 Å². The van der Waals surface area contributed by atoms with Crippen molar-refractivity contribution in [1.82, 2.24) is 5.32 Å². The van der Waals surface area contributed by atoms with Gasteiger partial charge in [0, 0.05) is 24.7 Å². The summed E-state index contributed by atoms with van der Waals surface area (Å²) in [6.07, 6.45) is 27.1. The van der Waals surface area contributed by atoms with E-state index in [1.54, 1.807) is 0 Å². The van der Waals surface area contributed by atoms with Crippen LogP contribution in [-0.4, -0.2) is 12.3 Å². The molecule has 0 atom stereocenters. The summed E-state index contributed by atoms with van der Waals surface area (Å²) in [7, 11) is 0. The van der Waals surface area contributed by atoms with Crippen molar-refractivity contribution in [2.75, 3.05) is 6.54 Å². The maximum atomic E-state index is 11.8. The molecule has 0 aromatic rings. The van der Waals surface area contributed by atoms with Gasteiger partial charge in [0.15, 0.2) is 5.78 Å². The van der Waals surface area contributed by atoms with E-state index in [2.05, 4.69) is 38.2 Å². The summed E-state index contributed by atoms with van der Waals surface area (Å²) < 4.78 is 0. The summed E-state index contributed by atoms with van der Waals surface area (Å²) in [5.74, 6) is 0.278. The lowest BCUT2D eigenvalue weighted by atomic mass is 9.79. The molecule has 28 heavy (non-hydrogen) atoms. The molecule has 0 aliphatic heterocycles.